The van der Waals surface area contributed by atoms with Crippen LogP contribution in [0.1, 0.15) is 35.1 Å². The lowest BCUT2D eigenvalue weighted by molar-refractivity contribution is -0.137. The average molecular weight is 367 g/mol. The number of carbonyl (C=O) groups is 1. The normalized spacial score (nSPS) is 11.8. The lowest BCUT2D eigenvalue weighted by Crippen LogP contribution is -2.05. The van der Waals surface area contributed by atoms with Crippen molar-refractivity contribution in [3.8, 4) is 0 Å². The fourth-order valence-electron chi connectivity index (χ4n) is 3.09. The van der Waals surface area contributed by atoms with Crippen molar-refractivity contribution in [3.05, 3.63) is 64.4 Å². The molecule has 3 aromatic rings. The third-order valence-electron chi connectivity index (χ3n) is 4.41. The van der Waals surface area contributed by atoms with Crippen molar-refractivity contribution in [1.29, 1.82) is 0 Å². The highest BCUT2D eigenvalue weighted by Crippen LogP contribution is 2.21. The molecule has 3 rings (SSSR count). The summed E-state index contributed by atoms with van der Waals surface area (Å²) >= 11 is 0. The van der Waals surface area contributed by atoms with E-state index in [1.807, 2.05) is 32.0 Å². The van der Waals surface area contributed by atoms with Crippen LogP contribution in [0.25, 0.3) is 17.2 Å². The largest absolute Gasteiger partial charge is 0.464 e. The van der Waals surface area contributed by atoms with Gasteiger partial charge in [-0.3, -0.25) is 0 Å². The van der Waals surface area contributed by atoms with Gasteiger partial charge >= 0.3 is 5.97 Å². The minimum absolute atomic E-state index is 0.595. The molecule has 0 aliphatic carbocycles. The van der Waals surface area contributed by atoms with Crippen molar-refractivity contribution in [1.82, 2.24) is 14.5 Å². The van der Waals surface area contributed by atoms with Gasteiger partial charge in [-0.05, 0) is 42.7 Å². The molecule has 140 valence electrons. The molecule has 0 aliphatic rings. The summed E-state index contributed by atoms with van der Waals surface area (Å²) in [5, 5.41) is 0. The summed E-state index contributed by atoms with van der Waals surface area (Å²) in [6.45, 7) is 6.72. The van der Waals surface area contributed by atoms with Crippen molar-refractivity contribution in [2.45, 2.75) is 33.7 Å². The topological polar surface area (TPSA) is 57.0 Å². The zero-order valence-electron chi connectivity index (χ0n) is 15.9. The minimum atomic E-state index is -0.978. The first kappa shape index (κ1) is 18.8. The third-order valence-corrected chi connectivity index (χ3v) is 4.41. The first-order valence-electron chi connectivity index (χ1n) is 8.80. The van der Waals surface area contributed by atoms with E-state index in [2.05, 4.69) is 21.2 Å². The quantitative estimate of drug-likeness (QED) is 0.502. The van der Waals surface area contributed by atoms with Crippen LogP contribution in [-0.4, -0.2) is 27.6 Å². The van der Waals surface area contributed by atoms with Crippen molar-refractivity contribution in [2.75, 3.05) is 7.11 Å². The molecule has 0 saturated heterocycles. The minimum Gasteiger partial charge on any atom is -0.464 e. The first-order chi connectivity index (χ1) is 12.9. The summed E-state index contributed by atoms with van der Waals surface area (Å²) in [6, 6.07) is 9.39. The molecule has 0 N–H and O–H groups in total. The molecule has 5 nitrogen and oxygen atoms in total. The van der Waals surface area contributed by atoms with E-state index in [4.69, 9.17) is 4.98 Å². The van der Waals surface area contributed by atoms with E-state index >= 15 is 0 Å². The molecule has 0 spiro atoms. The number of pyridine rings is 1. The van der Waals surface area contributed by atoms with Gasteiger partial charge in [0.05, 0.1) is 13.7 Å². The number of aromatic nitrogens is 3. The molecule has 0 aliphatic heterocycles. The number of nitrogens with zero attached hydrogens (tertiary/aromatic N) is 3. The number of ether oxygens (including phenoxy) is 1. The summed E-state index contributed by atoms with van der Waals surface area (Å²) in [5.74, 6) is -0.922. The van der Waals surface area contributed by atoms with Gasteiger partial charge in [0.2, 0.25) is 5.83 Å². The molecule has 2 aromatic heterocycles. The van der Waals surface area contributed by atoms with Gasteiger partial charge in [-0.15, -0.1) is 0 Å². The average Bonchev–Trinajstić information content (AvgIpc) is 3.00. The van der Waals surface area contributed by atoms with Crippen molar-refractivity contribution in [3.63, 3.8) is 0 Å². The highest BCUT2D eigenvalue weighted by Gasteiger charge is 2.14. The van der Waals surface area contributed by atoms with E-state index in [1.165, 1.54) is 0 Å². The predicted octanol–water partition coefficient (Wildman–Crippen LogP) is 4.14. The molecular formula is C21H22FN3O2. The molecule has 0 radical (unpaired) electrons. The van der Waals surface area contributed by atoms with Crippen molar-refractivity contribution < 1.29 is 13.9 Å². The molecule has 1 aromatic carbocycles. The van der Waals surface area contributed by atoms with Gasteiger partial charge in [0, 0.05) is 12.1 Å². The molecule has 2 heterocycles. The molecule has 0 atom stereocenters. The fraction of sp³-hybridized carbons (Fsp3) is 0.286. The van der Waals surface area contributed by atoms with Crippen LogP contribution in [0, 0.1) is 13.8 Å². The predicted molar refractivity (Wildman–Crippen MR) is 103 cm³/mol. The second-order valence-corrected chi connectivity index (χ2v) is 6.45. The number of rotatable bonds is 5. The number of aryl methyl sites for hydroxylation is 3. The van der Waals surface area contributed by atoms with E-state index < -0.39 is 11.8 Å². The Hall–Kier alpha value is -3.02. The molecular weight excluding hydrogens is 345 g/mol. The van der Waals surface area contributed by atoms with E-state index in [9.17, 15) is 9.18 Å². The van der Waals surface area contributed by atoms with Gasteiger partial charge in [-0.2, -0.15) is 4.39 Å². The maximum atomic E-state index is 13.6. The zero-order chi connectivity index (χ0) is 19.6. The van der Waals surface area contributed by atoms with Gasteiger partial charge in [-0.1, -0.05) is 31.2 Å². The van der Waals surface area contributed by atoms with E-state index in [0.717, 1.165) is 53.4 Å². The number of esters is 1. The van der Waals surface area contributed by atoms with Gasteiger partial charge in [0.1, 0.15) is 11.3 Å². The van der Waals surface area contributed by atoms with Crippen LogP contribution in [0.4, 0.5) is 4.39 Å². The lowest BCUT2D eigenvalue weighted by Gasteiger charge is -2.09. The fourth-order valence-corrected chi connectivity index (χ4v) is 3.09. The van der Waals surface area contributed by atoms with Crippen LogP contribution in [0.3, 0.4) is 0 Å². The van der Waals surface area contributed by atoms with Crippen LogP contribution in [-0.2, 0) is 22.5 Å². The number of fused-ring (bicyclic) bond motifs is 1. The number of carbonyl (C=O) groups excluding carboxylic acids is 1. The summed E-state index contributed by atoms with van der Waals surface area (Å²) in [6.07, 6.45) is 1.97. The van der Waals surface area contributed by atoms with Crippen LogP contribution >= 0.6 is 0 Å². The maximum Gasteiger partial charge on any atom is 0.366 e. The number of hydrogen-bond donors (Lipinski definition) is 0. The molecule has 0 saturated carbocycles. The highest BCUT2D eigenvalue weighted by molar-refractivity contribution is 5.91. The number of imidazole rings is 1. The second kappa shape index (κ2) is 7.70. The number of methoxy groups -OCH3 is 1. The van der Waals surface area contributed by atoms with Crippen LogP contribution in [0.5, 0.6) is 0 Å². The molecule has 0 amide bonds. The van der Waals surface area contributed by atoms with Crippen LogP contribution < -0.4 is 0 Å². The van der Waals surface area contributed by atoms with Gasteiger partial charge in [-0.25, -0.2) is 14.8 Å². The van der Waals surface area contributed by atoms with Crippen molar-refractivity contribution >= 4 is 23.2 Å². The Labute approximate surface area is 157 Å². The van der Waals surface area contributed by atoms with Crippen molar-refractivity contribution in [2.24, 2.45) is 0 Å². The Balaban J connectivity index is 1.93. The smallest absolute Gasteiger partial charge is 0.366 e. The monoisotopic (exact) mass is 367 g/mol. The van der Waals surface area contributed by atoms with Crippen LogP contribution in [0.2, 0.25) is 0 Å². The number of halogens is 1. The molecule has 6 heteroatoms. The number of hydrogen-bond acceptors (Lipinski definition) is 4. The Morgan fingerprint density at radius 3 is 2.56 bits per heavy atom. The Kier molecular flexibility index (Phi) is 5.35. The van der Waals surface area contributed by atoms with Gasteiger partial charge in [0.15, 0.2) is 5.65 Å². The van der Waals surface area contributed by atoms with E-state index in [-0.39, 0.29) is 0 Å². The summed E-state index contributed by atoms with van der Waals surface area (Å²) < 4.78 is 20.1. The van der Waals surface area contributed by atoms with Crippen LogP contribution in [0.15, 0.2) is 36.2 Å². The summed E-state index contributed by atoms with van der Waals surface area (Å²) in [5.41, 5.74) is 5.52. The second-order valence-electron chi connectivity index (χ2n) is 6.45. The Bertz CT molecular complexity index is 1020. The van der Waals surface area contributed by atoms with E-state index in [0.29, 0.717) is 12.1 Å². The number of benzene rings is 1. The molecule has 0 bridgehead atoms. The first-order valence-corrected chi connectivity index (χ1v) is 8.80. The van der Waals surface area contributed by atoms with Gasteiger partial charge in [0.25, 0.3) is 0 Å². The zero-order valence-corrected chi connectivity index (χ0v) is 15.9. The van der Waals surface area contributed by atoms with Gasteiger partial charge < -0.3 is 9.30 Å². The Morgan fingerprint density at radius 2 is 1.93 bits per heavy atom. The third kappa shape index (κ3) is 3.89. The summed E-state index contributed by atoms with van der Waals surface area (Å²) in [7, 11) is 1.15. The molecule has 0 unspecified atom stereocenters. The molecule has 27 heavy (non-hydrogen) atoms. The standard InChI is InChI=1S/C21H22FN3O2/c1-5-18-24-19-13(2)10-14(3)23-20(19)25(18)12-16-8-6-15(7-9-16)11-17(22)21(26)27-4/h6-11H,5,12H2,1-4H3/b17-11-. The maximum absolute atomic E-state index is 13.6. The van der Waals surface area contributed by atoms with E-state index in [1.54, 1.807) is 12.1 Å². The summed E-state index contributed by atoms with van der Waals surface area (Å²) in [4.78, 5) is 20.6. The SMILES string of the molecule is CCc1nc2c(C)cc(C)nc2n1Cc1ccc(/C=C(\F)C(=O)OC)cc1. The molecule has 0 fully saturated rings. The highest BCUT2D eigenvalue weighted by atomic mass is 19.1. The lowest BCUT2D eigenvalue weighted by atomic mass is 10.1. The Morgan fingerprint density at radius 1 is 1.22 bits per heavy atom.